The van der Waals surface area contributed by atoms with E-state index in [0.29, 0.717) is 25.6 Å². The fraction of sp³-hybridized carbons (Fsp3) is 0.179. The van der Waals surface area contributed by atoms with E-state index in [-0.39, 0.29) is 24.9 Å². The molecule has 0 aliphatic carbocycles. The van der Waals surface area contributed by atoms with Crippen molar-refractivity contribution < 1.29 is 23.8 Å². The molecule has 0 N–H and O–H groups in total. The van der Waals surface area contributed by atoms with Crippen molar-refractivity contribution in [1.29, 1.82) is 0 Å². The first-order valence-corrected chi connectivity index (χ1v) is 15.2. The van der Waals surface area contributed by atoms with E-state index in [2.05, 4.69) is 6.07 Å². The van der Waals surface area contributed by atoms with Gasteiger partial charge >= 0.3 is 6.09 Å². The Bertz CT molecular complexity index is 1690. The van der Waals surface area contributed by atoms with E-state index in [0.717, 1.165) is 33.4 Å². The molecule has 6 rings (SSSR count). The molecule has 0 bridgehead atoms. The molecule has 5 aromatic rings. The average molecular weight is 598 g/mol. The van der Waals surface area contributed by atoms with Crippen LogP contribution in [0.15, 0.2) is 140 Å². The van der Waals surface area contributed by atoms with Gasteiger partial charge in [0.15, 0.2) is 0 Å². The van der Waals surface area contributed by atoms with Crippen LogP contribution >= 0.6 is 0 Å². The summed E-state index contributed by atoms with van der Waals surface area (Å²) in [5.41, 5.74) is 5.76. The van der Waals surface area contributed by atoms with Gasteiger partial charge in [-0.05, 0) is 39.9 Å². The standard InChI is InChI=1S/C39H35NO5/c41-38(40-36(28-45-39(40)42)33-19-11-4-12-20-33)24-34(32-17-9-3-10-18-32)35-23-31(26-43-25-29-13-5-1-6-14-29)21-22-37(35)44-27-30-15-7-2-8-16-30/h1-23,34,36H,24-28H2/t34-,36+/m1/s1. The largest absolute Gasteiger partial charge is 0.489 e. The SMILES string of the molecule is O=C(C[C@H](c1ccccc1)c1cc(COCc2ccccc2)ccc1OCc1ccccc1)N1C(=O)OC[C@H]1c1ccccc1. The Balaban J connectivity index is 1.32. The Morgan fingerprint density at radius 2 is 1.29 bits per heavy atom. The highest BCUT2D eigenvalue weighted by atomic mass is 16.6. The lowest BCUT2D eigenvalue weighted by atomic mass is 9.86. The van der Waals surface area contributed by atoms with Crippen molar-refractivity contribution in [2.45, 2.75) is 38.2 Å². The highest BCUT2D eigenvalue weighted by Crippen LogP contribution is 2.38. The van der Waals surface area contributed by atoms with Crippen LogP contribution in [0.1, 0.15) is 51.8 Å². The van der Waals surface area contributed by atoms with E-state index in [1.165, 1.54) is 4.90 Å². The van der Waals surface area contributed by atoms with E-state index in [9.17, 15) is 9.59 Å². The van der Waals surface area contributed by atoms with Crippen molar-refractivity contribution in [2.75, 3.05) is 6.61 Å². The van der Waals surface area contributed by atoms with Gasteiger partial charge < -0.3 is 14.2 Å². The normalized spacial score (nSPS) is 15.0. The third-order valence-corrected chi connectivity index (χ3v) is 7.97. The number of hydrogen-bond donors (Lipinski definition) is 0. The molecule has 1 fully saturated rings. The molecule has 6 heteroatoms. The van der Waals surface area contributed by atoms with Crippen LogP contribution in [0.2, 0.25) is 0 Å². The van der Waals surface area contributed by atoms with E-state index < -0.39 is 12.1 Å². The zero-order chi connectivity index (χ0) is 30.8. The predicted molar refractivity (Wildman–Crippen MR) is 172 cm³/mol. The maximum Gasteiger partial charge on any atom is 0.417 e. The lowest BCUT2D eigenvalue weighted by Gasteiger charge is -2.25. The molecule has 2 atom stereocenters. The summed E-state index contributed by atoms with van der Waals surface area (Å²) in [5.74, 6) is -0.0146. The van der Waals surface area contributed by atoms with Gasteiger partial charge in [0.2, 0.25) is 5.91 Å². The number of imide groups is 1. The minimum absolute atomic E-state index is 0.0540. The minimum atomic E-state index is -0.621. The Morgan fingerprint density at radius 3 is 1.96 bits per heavy atom. The van der Waals surface area contributed by atoms with E-state index in [1.54, 1.807) is 0 Å². The zero-order valence-corrected chi connectivity index (χ0v) is 25.0. The first-order valence-electron chi connectivity index (χ1n) is 15.2. The molecule has 0 saturated carbocycles. The number of benzene rings is 5. The molecular formula is C39H35NO5. The summed E-state index contributed by atoms with van der Waals surface area (Å²) in [6, 6.07) is 45.0. The molecule has 226 valence electrons. The number of nitrogens with zero attached hydrogens (tertiary/aromatic N) is 1. The van der Waals surface area contributed by atoms with Crippen LogP contribution in [0.3, 0.4) is 0 Å². The molecule has 0 spiro atoms. The minimum Gasteiger partial charge on any atom is -0.489 e. The number of hydrogen-bond acceptors (Lipinski definition) is 5. The summed E-state index contributed by atoms with van der Waals surface area (Å²) in [5, 5.41) is 0. The quantitative estimate of drug-likeness (QED) is 0.145. The van der Waals surface area contributed by atoms with Gasteiger partial charge in [0.05, 0.1) is 13.2 Å². The van der Waals surface area contributed by atoms with Crippen LogP contribution in [-0.2, 0) is 34.1 Å². The smallest absolute Gasteiger partial charge is 0.417 e. The monoisotopic (exact) mass is 597 g/mol. The van der Waals surface area contributed by atoms with Gasteiger partial charge in [0, 0.05) is 17.9 Å². The van der Waals surface area contributed by atoms with E-state index in [4.69, 9.17) is 14.2 Å². The second kappa shape index (κ2) is 14.5. The lowest BCUT2D eigenvalue weighted by Crippen LogP contribution is -2.35. The number of carbonyl (C=O) groups is 2. The molecule has 6 nitrogen and oxygen atoms in total. The molecule has 5 aromatic carbocycles. The van der Waals surface area contributed by atoms with Crippen LogP contribution < -0.4 is 4.74 Å². The zero-order valence-electron chi connectivity index (χ0n) is 25.0. The molecule has 1 saturated heterocycles. The predicted octanol–water partition coefficient (Wildman–Crippen LogP) is 8.22. The van der Waals surface area contributed by atoms with Gasteiger partial charge in [-0.1, -0.05) is 127 Å². The van der Waals surface area contributed by atoms with Crippen molar-refractivity contribution >= 4 is 12.0 Å². The summed E-state index contributed by atoms with van der Waals surface area (Å²) in [7, 11) is 0. The Kier molecular flexibility index (Phi) is 9.63. The summed E-state index contributed by atoms with van der Waals surface area (Å²) < 4.78 is 17.9. The first-order chi connectivity index (χ1) is 22.2. The van der Waals surface area contributed by atoms with Gasteiger partial charge in [0.25, 0.3) is 0 Å². The fourth-order valence-electron chi connectivity index (χ4n) is 5.67. The van der Waals surface area contributed by atoms with Gasteiger partial charge in [0.1, 0.15) is 25.0 Å². The summed E-state index contributed by atoms with van der Waals surface area (Å²) in [6.45, 7) is 1.39. The highest BCUT2D eigenvalue weighted by Gasteiger charge is 2.40. The van der Waals surface area contributed by atoms with Crippen LogP contribution in [-0.4, -0.2) is 23.5 Å². The van der Waals surface area contributed by atoms with Crippen LogP contribution in [0.25, 0.3) is 0 Å². The van der Waals surface area contributed by atoms with Crippen LogP contribution in [0.5, 0.6) is 5.75 Å². The van der Waals surface area contributed by atoms with E-state index >= 15 is 0 Å². The molecule has 45 heavy (non-hydrogen) atoms. The third-order valence-electron chi connectivity index (χ3n) is 7.97. The molecule has 1 aliphatic heterocycles. The van der Waals surface area contributed by atoms with Crippen molar-refractivity contribution in [2.24, 2.45) is 0 Å². The third kappa shape index (κ3) is 7.48. The van der Waals surface area contributed by atoms with Gasteiger partial charge in [-0.3, -0.25) is 4.79 Å². The Hall–Kier alpha value is -5.20. The number of cyclic esters (lactones) is 1. The number of rotatable bonds is 12. The molecule has 2 amide bonds. The topological polar surface area (TPSA) is 65.1 Å². The lowest BCUT2D eigenvalue weighted by molar-refractivity contribution is -0.129. The first kappa shape index (κ1) is 29.9. The summed E-state index contributed by atoms with van der Waals surface area (Å²) in [6.07, 6.45) is -0.567. The highest BCUT2D eigenvalue weighted by molar-refractivity contribution is 5.94. The van der Waals surface area contributed by atoms with Crippen LogP contribution in [0, 0.1) is 0 Å². The number of carbonyl (C=O) groups excluding carboxylic acids is 2. The molecule has 0 radical (unpaired) electrons. The summed E-state index contributed by atoms with van der Waals surface area (Å²) in [4.78, 5) is 28.2. The average Bonchev–Trinajstić information content (AvgIpc) is 3.49. The maximum atomic E-state index is 14.1. The van der Waals surface area contributed by atoms with Gasteiger partial charge in [-0.25, -0.2) is 9.69 Å². The molecule has 0 unspecified atom stereocenters. The Morgan fingerprint density at radius 1 is 0.711 bits per heavy atom. The molecule has 1 heterocycles. The van der Waals surface area contributed by atoms with E-state index in [1.807, 2.05) is 133 Å². The second-order valence-corrected chi connectivity index (χ2v) is 11.1. The van der Waals surface area contributed by atoms with Gasteiger partial charge in [-0.2, -0.15) is 0 Å². The maximum absolute atomic E-state index is 14.1. The van der Waals surface area contributed by atoms with Crippen LogP contribution in [0.4, 0.5) is 4.79 Å². The van der Waals surface area contributed by atoms with Crippen molar-refractivity contribution in [3.05, 3.63) is 173 Å². The van der Waals surface area contributed by atoms with Crippen molar-refractivity contribution in [3.63, 3.8) is 0 Å². The number of ether oxygens (including phenoxy) is 3. The molecule has 0 aromatic heterocycles. The van der Waals surface area contributed by atoms with Crippen molar-refractivity contribution in [1.82, 2.24) is 4.90 Å². The fourth-order valence-corrected chi connectivity index (χ4v) is 5.67. The number of amides is 2. The van der Waals surface area contributed by atoms with Gasteiger partial charge in [-0.15, -0.1) is 0 Å². The molecular weight excluding hydrogens is 562 g/mol. The summed E-state index contributed by atoms with van der Waals surface area (Å²) >= 11 is 0. The Labute approximate surface area is 263 Å². The molecule has 1 aliphatic rings. The second-order valence-electron chi connectivity index (χ2n) is 11.1. The van der Waals surface area contributed by atoms with Crippen molar-refractivity contribution in [3.8, 4) is 5.75 Å².